The van der Waals surface area contributed by atoms with Crippen LogP contribution in [0.5, 0.6) is 0 Å². The summed E-state index contributed by atoms with van der Waals surface area (Å²) in [4.78, 5) is 81.2. The Kier molecular flexibility index (Phi) is 4.49. The number of amides is 8. The number of fused-ring (bicyclic) bond motifs is 1. The fraction of sp³-hybridized carbons (Fsp3) is 0.429. The minimum Gasteiger partial charge on any atom is -0.273 e. The molecule has 2 saturated heterocycles. The van der Waals surface area contributed by atoms with Gasteiger partial charge in [0.1, 0.15) is 11.3 Å². The molecule has 1 aromatic rings. The van der Waals surface area contributed by atoms with Crippen molar-refractivity contribution >= 4 is 35.7 Å². The van der Waals surface area contributed by atoms with Crippen LogP contribution in [-0.2, 0) is 32.0 Å². The summed E-state index contributed by atoms with van der Waals surface area (Å²) in [6.45, 7) is 0. The summed E-state index contributed by atoms with van der Waals surface area (Å²) in [7, 11) is 5.07. The number of hydrogen-bond acceptors (Lipinski definition) is 6. The van der Waals surface area contributed by atoms with Gasteiger partial charge in [-0.25, -0.2) is 9.59 Å². The van der Waals surface area contributed by atoms with E-state index in [1.807, 2.05) is 6.07 Å². The van der Waals surface area contributed by atoms with E-state index >= 15 is 0 Å². The normalized spacial score (nSPS) is 24.5. The molecule has 2 heterocycles. The predicted molar refractivity (Wildman–Crippen MR) is 105 cm³/mol. The number of urea groups is 2. The number of benzene rings is 1. The lowest BCUT2D eigenvalue weighted by Crippen LogP contribution is -2.70. The Hall–Kier alpha value is -3.56. The molecule has 0 aromatic heterocycles. The van der Waals surface area contributed by atoms with Gasteiger partial charge < -0.3 is 0 Å². The molecular formula is C21H22N4O6. The second kappa shape index (κ2) is 6.73. The first-order valence-corrected chi connectivity index (χ1v) is 9.80. The molecule has 2 fully saturated rings. The van der Waals surface area contributed by atoms with E-state index in [4.69, 9.17) is 0 Å². The molecule has 4 rings (SSSR count). The predicted octanol–water partition coefficient (Wildman–Crippen LogP) is 0.105. The van der Waals surface area contributed by atoms with Crippen molar-refractivity contribution in [3.8, 4) is 0 Å². The number of carbonyl (C=O) groups excluding carboxylic acids is 6. The van der Waals surface area contributed by atoms with E-state index in [1.54, 1.807) is 18.2 Å². The Morgan fingerprint density at radius 3 is 1.68 bits per heavy atom. The molecule has 2 aliphatic heterocycles. The van der Waals surface area contributed by atoms with Gasteiger partial charge in [-0.1, -0.05) is 24.3 Å². The Balaban J connectivity index is 1.94. The fourth-order valence-electron chi connectivity index (χ4n) is 5.01. The van der Waals surface area contributed by atoms with Crippen LogP contribution < -0.4 is 0 Å². The van der Waals surface area contributed by atoms with Crippen molar-refractivity contribution in [2.24, 2.45) is 17.3 Å². The fourth-order valence-corrected chi connectivity index (χ4v) is 5.01. The molecule has 0 radical (unpaired) electrons. The van der Waals surface area contributed by atoms with Crippen LogP contribution in [-0.4, -0.2) is 83.5 Å². The molecule has 0 N–H and O–H groups in total. The van der Waals surface area contributed by atoms with Crippen LogP contribution in [0, 0.1) is 17.3 Å². The molecule has 162 valence electrons. The van der Waals surface area contributed by atoms with Crippen LogP contribution in [0.15, 0.2) is 24.3 Å². The average Bonchev–Trinajstić information content (AvgIpc) is 2.77. The maximum atomic E-state index is 13.5. The van der Waals surface area contributed by atoms with Gasteiger partial charge in [0.05, 0.1) is 0 Å². The van der Waals surface area contributed by atoms with Gasteiger partial charge in [-0.2, -0.15) is 0 Å². The van der Waals surface area contributed by atoms with E-state index in [9.17, 15) is 28.8 Å². The van der Waals surface area contributed by atoms with Gasteiger partial charge in [-0.3, -0.25) is 38.8 Å². The summed E-state index contributed by atoms with van der Waals surface area (Å²) in [5.74, 6) is -5.49. The molecule has 3 aliphatic rings. The van der Waals surface area contributed by atoms with Crippen molar-refractivity contribution in [1.29, 1.82) is 0 Å². The maximum Gasteiger partial charge on any atom is 0.332 e. The monoisotopic (exact) mass is 426 g/mol. The van der Waals surface area contributed by atoms with Crippen LogP contribution in [0.2, 0.25) is 0 Å². The molecule has 0 unspecified atom stereocenters. The first kappa shape index (κ1) is 20.7. The van der Waals surface area contributed by atoms with Gasteiger partial charge in [-0.05, 0) is 24.0 Å². The first-order valence-electron chi connectivity index (χ1n) is 9.80. The van der Waals surface area contributed by atoms with E-state index in [0.717, 1.165) is 30.7 Å². The van der Waals surface area contributed by atoms with Crippen molar-refractivity contribution in [3.05, 3.63) is 35.4 Å². The number of nitrogens with zero attached hydrogens (tertiary/aromatic N) is 4. The molecule has 10 heteroatoms. The highest BCUT2D eigenvalue weighted by molar-refractivity contribution is 6.21. The SMILES string of the molecule is CN1C(=O)C([C@H]2Cc3ccccc3CC23C(=O)N(C)C(=O)N(C)C3=O)C(=O)N(C)C1=O. The van der Waals surface area contributed by atoms with Crippen molar-refractivity contribution in [1.82, 2.24) is 19.6 Å². The van der Waals surface area contributed by atoms with E-state index in [-0.39, 0.29) is 12.8 Å². The van der Waals surface area contributed by atoms with E-state index in [0.29, 0.717) is 0 Å². The third kappa shape index (κ3) is 2.57. The Morgan fingerprint density at radius 2 is 1.16 bits per heavy atom. The molecule has 0 saturated carbocycles. The summed E-state index contributed by atoms with van der Waals surface area (Å²) in [6.07, 6.45) is 0.0491. The zero-order chi connectivity index (χ0) is 22.8. The summed E-state index contributed by atoms with van der Waals surface area (Å²) < 4.78 is 0. The van der Waals surface area contributed by atoms with Gasteiger partial charge in [0.2, 0.25) is 23.6 Å². The van der Waals surface area contributed by atoms with Crippen LogP contribution in [0.3, 0.4) is 0 Å². The third-order valence-corrected chi connectivity index (χ3v) is 6.78. The third-order valence-electron chi connectivity index (χ3n) is 6.78. The van der Waals surface area contributed by atoms with Crippen molar-refractivity contribution < 1.29 is 28.8 Å². The van der Waals surface area contributed by atoms with E-state index in [1.165, 1.54) is 28.2 Å². The molecule has 0 bridgehead atoms. The molecule has 1 aromatic carbocycles. The van der Waals surface area contributed by atoms with Gasteiger partial charge in [0.15, 0.2) is 0 Å². The first-order chi connectivity index (χ1) is 14.5. The Labute approximate surface area is 178 Å². The summed E-state index contributed by atoms with van der Waals surface area (Å²) in [5, 5.41) is 0. The molecule has 1 atom stereocenters. The van der Waals surface area contributed by atoms with Gasteiger partial charge in [-0.15, -0.1) is 0 Å². The average molecular weight is 426 g/mol. The molecule has 31 heavy (non-hydrogen) atoms. The molecular weight excluding hydrogens is 404 g/mol. The second-order valence-electron chi connectivity index (χ2n) is 8.29. The molecule has 1 spiro atoms. The number of carbonyl (C=O) groups is 6. The maximum absolute atomic E-state index is 13.5. The van der Waals surface area contributed by atoms with Crippen molar-refractivity contribution in [2.75, 3.05) is 28.2 Å². The van der Waals surface area contributed by atoms with Crippen molar-refractivity contribution in [2.45, 2.75) is 12.8 Å². The van der Waals surface area contributed by atoms with Crippen LogP contribution >= 0.6 is 0 Å². The van der Waals surface area contributed by atoms with Gasteiger partial charge in [0, 0.05) is 34.1 Å². The molecule has 10 nitrogen and oxygen atoms in total. The highest BCUT2D eigenvalue weighted by atomic mass is 16.2. The van der Waals surface area contributed by atoms with Gasteiger partial charge >= 0.3 is 12.1 Å². The lowest BCUT2D eigenvalue weighted by molar-refractivity contribution is -0.168. The molecule has 8 amide bonds. The smallest absolute Gasteiger partial charge is 0.273 e. The van der Waals surface area contributed by atoms with Gasteiger partial charge in [0.25, 0.3) is 0 Å². The zero-order valence-electron chi connectivity index (χ0n) is 17.6. The summed E-state index contributed by atoms with van der Waals surface area (Å²) in [5.41, 5.74) is -0.266. The van der Waals surface area contributed by atoms with Crippen LogP contribution in [0.25, 0.3) is 0 Å². The Morgan fingerprint density at radius 1 is 0.710 bits per heavy atom. The van der Waals surface area contributed by atoms with Crippen LogP contribution in [0.4, 0.5) is 9.59 Å². The van der Waals surface area contributed by atoms with Crippen LogP contribution in [0.1, 0.15) is 11.1 Å². The Bertz CT molecular complexity index is 1020. The largest absolute Gasteiger partial charge is 0.332 e. The summed E-state index contributed by atoms with van der Waals surface area (Å²) in [6, 6.07) is 5.64. The minimum atomic E-state index is -1.82. The second-order valence-corrected chi connectivity index (χ2v) is 8.29. The highest BCUT2D eigenvalue weighted by Crippen LogP contribution is 2.49. The quantitative estimate of drug-likeness (QED) is 0.589. The highest BCUT2D eigenvalue weighted by Gasteiger charge is 2.65. The lowest BCUT2D eigenvalue weighted by Gasteiger charge is -2.51. The number of rotatable bonds is 1. The zero-order valence-corrected chi connectivity index (χ0v) is 17.6. The minimum absolute atomic E-state index is 0.0497. The summed E-state index contributed by atoms with van der Waals surface area (Å²) >= 11 is 0. The van der Waals surface area contributed by atoms with E-state index in [2.05, 4.69) is 0 Å². The lowest BCUT2D eigenvalue weighted by atomic mass is 9.57. The van der Waals surface area contributed by atoms with E-state index < -0.39 is 52.9 Å². The van der Waals surface area contributed by atoms with Crippen molar-refractivity contribution in [3.63, 3.8) is 0 Å². The topological polar surface area (TPSA) is 115 Å². The standard InChI is InChI=1S/C21H22N4O6/c1-22-15(26)14(16(27)23(2)19(22)30)13-9-11-7-5-6-8-12(11)10-21(13)17(28)24(3)20(31)25(4)18(21)29/h5-8,13-14H,9-10H2,1-4H3/t13-/m1/s1. The number of hydrogen-bond donors (Lipinski definition) is 0. The number of barbiturate groups is 2. The molecule has 1 aliphatic carbocycles. The number of imide groups is 4.